The first kappa shape index (κ1) is 24.5. The average Bonchev–Trinajstić information content (AvgIpc) is 3.12. The zero-order chi connectivity index (χ0) is 23.8. The van der Waals surface area contributed by atoms with E-state index in [-0.39, 0.29) is 30.0 Å². The number of nitrogens with one attached hydrogen (secondary N) is 2. The minimum Gasteiger partial charge on any atom is -0.276 e. The summed E-state index contributed by atoms with van der Waals surface area (Å²) in [5.74, 6) is -5.75. The van der Waals surface area contributed by atoms with Gasteiger partial charge < -0.3 is 0 Å². The Morgan fingerprint density at radius 3 is 2.25 bits per heavy atom. The summed E-state index contributed by atoms with van der Waals surface area (Å²) in [4.78, 5) is 13.2. The molecule has 2 N–H and O–H groups in total. The third-order valence-electron chi connectivity index (χ3n) is 4.74. The number of thiol groups is 1. The molecule has 1 aliphatic rings. The molecule has 2 aromatic rings. The van der Waals surface area contributed by atoms with Crippen molar-refractivity contribution in [2.24, 2.45) is 0 Å². The van der Waals surface area contributed by atoms with Crippen LogP contribution in [0.5, 0.6) is 0 Å². The molecule has 0 radical (unpaired) electrons. The van der Waals surface area contributed by atoms with E-state index in [9.17, 15) is 34.8 Å². The lowest BCUT2D eigenvalue weighted by atomic mass is 10.2. The molecule has 1 fully saturated rings. The summed E-state index contributed by atoms with van der Waals surface area (Å²) in [5, 5.41) is -0.650. The molecule has 174 valence electrons. The first-order valence-electron chi connectivity index (χ1n) is 9.05. The number of halogens is 3. The highest BCUT2D eigenvalue weighted by atomic mass is 32.2. The molecule has 0 saturated carbocycles. The molecule has 32 heavy (non-hydrogen) atoms. The van der Waals surface area contributed by atoms with Gasteiger partial charge in [-0.1, -0.05) is 17.7 Å². The Morgan fingerprint density at radius 2 is 1.62 bits per heavy atom. The van der Waals surface area contributed by atoms with Gasteiger partial charge >= 0.3 is 0 Å². The predicted molar refractivity (Wildman–Crippen MR) is 111 cm³/mol. The number of carbonyl (C=O) groups excluding carboxylic acids is 1. The van der Waals surface area contributed by atoms with Gasteiger partial charge in [0.1, 0.15) is 16.8 Å². The third-order valence-corrected chi connectivity index (χ3v) is 8.26. The van der Waals surface area contributed by atoms with Gasteiger partial charge in [-0.3, -0.25) is 10.2 Å². The summed E-state index contributed by atoms with van der Waals surface area (Å²) < 4.78 is 91.9. The molecule has 3 rings (SSSR count). The topological polar surface area (TPSA) is 113 Å². The molecule has 0 aliphatic carbocycles. The van der Waals surface area contributed by atoms with Gasteiger partial charge in [-0.05, 0) is 31.5 Å². The third kappa shape index (κ3) is 4.93. The molecule has 0 aromatic heterocycles. The van der Waals surface area contributed by atoms with Crippen molar-refractivity contribution in [3.63, 3.8) is 0 Å². The van der Waals surface area contributed by atoms with Crippen molar-refractivity contribution in [1.29, 1.82) is 0 Å². The normalized spacial score (nSPS) is 19.8. The van der Waals surface area contributed by atoms with Crippen LogP contribution in [0.25, 0.3) is 0 Å². The number of amides is 1. The molecule has 0 unspecified atom stereocenters. The largest absolute Gasteiger partial charge is 0.276 e. The Labute approximate surface area is 188 Å². The quantitative estimate of drug-likeness (QED) is 0.310. The lowest BCUT2D eigenvalue weighted by Gasteiger charge is -2.23. The molecule has 0 spiro atoms. The van der Waals surface area contributed by atoms with Gasteiger partial charge in [-0.25, -0.2) is 30.0 Å². The summed E-state index contributed by atoms with van der Waals surface area (Å²) >= 11 is 4.15. The molecule has 2 atom stereocenters. The second kappa shape index (κ2) is 9.02. The van der Waals surface area contributed by atoms with Crippen molar-refractivity contribution in [3.8, 4) is 0 Å². The lowest BCUT2D eigenvalue weighted by molar-refractivity contribution is -0.124. The van der Waals surface area contributed by atoms with Crippen molar-refractivity contribution in [2.75, 3.05) is 6.54 Å². The number of sulfonamides is 2. The average molecular weight is 510 g/mol. The molecule has 2 aromatic carbocycles. The number of aryl methyl sites for hydroxylation is 1. The van der Waals surface area contributed by atoms with E-state index in [4.69, 9.17) is 0 Å². The number of benzene rings is 2. The van der Waals surface area contributed by atoms with E-state index in [0.29, 0.717) is 4.31 Å². The SMILES string of the molecule is Cc1ccc(S(=O)(=O)NNC(=O)[C@@H]2C[C@@H](S)CN2S(=O)(=O)c2cc(F)c(F)cc2F)cc1. The molecule has 1 amide bonds. The maximum Gasteiger partial charge on any atom is 0.257 e. The van der Waals surface area contributed by atoms with Gasteiger partial charge in [0, 0.05) is 17.9 Å². The summed E-state index contributed by atoms with van der Waals surface area (Å²) in [6.45, 7) is 1.41. The van der Waals surface area contributed by atoms with E-state index in [1.54, 1.807) is 19.1 Å². The van der Waals surface area contributed by atoms with Crippen LogP contribution in [-0.2, 0) is 24.8 Å². The Kier molecular flexibility index (Phi) is 6.91. The maximum absolute atomic E-state index is 14.1. The second-order valence-electron chi connectivity index (χ2n) is 7.08. The number of hydrogen-bond acceptors (Lipinski definition) is 6. The highest BCUT2D eigenvalue weighted by molar-refractivity contribution is 7.89. The van der Waals surface area contributed by atoms with Crippen LogP contribution in [0.2, 0.25) is 0 Å². The Hall–Kier alpha value is -2.13. The highest BCUT2D eigenvalue weighted by Gasteiger charge is 2.44. The fourth-order valence-electron chi connectivity index (χ4n) is 3.09. The minimum atomic E-state index is -4.78. The smallest absolute Gasteiger partial charge is 0.257 e. The molecule has 1 aliphatic heterocycles. The van der Waals surface area contributed by atoms with Crippen molar-refractivity contribution in [3.05, 3.63) is 59.4 Å². The molecule has 1 heterocycles. The van der Waals surface area contributed by atoms with Gasteiger partial charge in [0.25, 0.3) is 15.9 Å². The Balaban J connectivity index is 1.83. The first-order chi connectivity index (χ1) is 14.8. The summed E-state index contributed by atoms with van der Waals surface area (Å²) in [7, 11) is -8.94. The van der Waals surface area contributed by atoms with Gasteiger partial charge in [0.05, 0.1) is 4.90 Å². The Bertz CT molecular complexity index is 1250. The van der Waals surface area contributed by atoms with Gasteiger partial charge in [-0.15, -0.1) is 4.83 Å². The number of hydrogen-bond donors (Lipinski definition) is 3. The molecular weight excluding hydrogens is 491 g/mol. The van der Waals surface area contributed by atoms with E-state index in [0.717, 1.165) is 5.56 Å². The number of nitrogens with zero attached hydrogens (tertiary/aromatic N) is 1. The summed E-state index contributed by atoms with van der Waals surface area (Å²) in [6.07, 6.45) is -0.133. The lowest BCUT2D eigenvalue weighted by Crippen LogP contribution is -2.51. The van der Waals surface area contributed by atoms with Gasteiger partial charge in [0.15, 0.2) is 11.6 Å². The summed E-state index contributed by atoms with van der Waals surface area (Å²) in [6, 6.07) is 4.50. The minimum absolute atomic E-state index is 0.0846. The molecule has 1 saturated heterocycles. The van der Waals surface area contributed by atoms with Crippen LogP contribution in [0.4, 0.5) is 13.2 Å². The number of hydrazine groups is 1. The number of rotatable bonds is 6. The van der Waals surface area contributed by atoms with Gasteiger partial charge in [0.2, 0.25) is 10.0 Å². The zero-order valence-electron chi connectivity index (χ0n) is 16.4. The monoisotopic (exact) mass is 509 g/mol. The summed E-state index contributed by atoms with van der Waals surface area (Å²) in [5.41, 5.74) is 2.75. The fraction of sp³-hybridized carbons (Fsp3) is 0.278. The van der Waals surface area contributed by atoms with Crippen molar-refractivity contribution in [2.45, 2.75) is 34.4 Å². The fourth-order valence-corrected chi connectivity index (χ4v) is 6.13. The van der Waals surface area contributed by atoms with Crippen LogP contribution < -0.4 is 10.3 Å². The first-order valence-corrected chi connectivity index (χ1v) is 12.5. The van der Waals surface area contributed by atoms with Gasteiger partial charge in [-0.2, -0.15) is 16.9 Å². The molecular formula is C18H18F3N3O5S3. The zero-order valence-corrected chi connectivity index (χ0v) is 18.9. The molecule has 14 heteroatoms. The van der Waals surface area contributed by atoms with E-state index >= 15 is 0 Å². The van der Waals surface area contributed by atoms with E-state index < -0.39 is 59.6 Å². The van der Waals surface area contributed by atoms with Crippen molar-refractivity contribution < 1.29 is 34.8 Å². The number of carbonyl (C=O) groups is 1. The molecule has 0 bridgehead atoms. The van der Waals surface area contributed by atoms with Crippen LogP contribution in [0.3, 0.4) is 0 Å². The van der Waals surface area contributed by atoms with Crippen molar-refractivity contribution in [1.82, 2.24) is 14.6 Å². The van der Waals surface area contributed by atoms with Crippen LogP contribution in [0, 0.1) is 24.4 Å². The second-order valence-corrected chi connectivity index (χ2v) is 11.4. The maximum atomic E-state index is 14.1. The predicted octanol–water partition coefficient (Wildman–Crippen LogP) is 1.48. The molecule has 8 nitrogen and oxygen atoms in total. The Morgan fingerprint density at radius 1 is 1.03 bits per heavy atom. The van der Waals surface area contributed by atoms with E-state index in [2.05, 4.69) is 12.6 Å². The van der Waals surface area contributed by atoms with Crippen LogP contribution >= 0.6 is 12.6 Å². The van der Waals surface area contributed by atoms with Crippen molar-refractivity contribution >= 4 is 38.6 Å². The van der Waals surface area contributed by atoms with Crippen LogP contribution in [0.1, 0.15) is 12.0 Å². The highest BCUT2D eigenvalue weighted by Crippen LogP contribution is 2.30. The standard InChI is InChI=1S/C18H18F3N3O5S3/c1-10-2-4-12(5-3-10)31(26,27)23-22-18(25)16-6-11(30)9-24(16)32(28,29)17-8-14(20)13(19)7-15(17)21/h2-5,7-8,11,16,23,30H,6,9H2,1H3,(H,22,25)/t11-,16+/m1/s1. The van der Waals surface area contributed by atoms with E-state index in [1.807, 2.05) is 10.3 Å². The van der Waals surface area contributed by atoms with E-state index in [1.165, 1.54) is 12.1 Å². The van der Waals surface area contributed by atoms with Crippen LogP contribution in [-0.4, -0.2) is 44.9 Å². The van der Waals surface area contributed by atoms with Crippen LogP contribution in [0.15, 0.2) is 46.2 Å².